The standard InChI is InChI=1S/C19H20N4O2/c1-20-19(25)22-16-8-6-15(7-9-16)21-18(24)11-13-23-12-10-14-4-2-3-5-17(14)23/h2-10,12H,11,13H2,1H3,(H,21,24)(H2,20,22,25). The predicted octanol–water partition coefficient (Wildman–Crippen LogP) is 3.42. The number of para-hydroxylation sites is 1. The third-order valence-corrected chi connectivity index (χ3v) is 3.91. The SMILES string of the molecule is CNC(=O)Nc1ccc(NC(=O)CCn2ccc3ccccc32)cc1. The Hall–Kier alpha value is -3.28. The summed E-state index contributed by atoms with van der Waals surface area (Å²) in [5.41, 5.74) is 2.49. The predicted molar refractivity (Wildman–Crippen MR) is 99.7 cm³/mol. The van der Waals surface area contributed by atoms with E-state index in [0.29, 0.717) is 24.3 Å². The van der Waals surface area contributed by atoms with Crippen LogP contribution in [0.1, 0.15) is 6.42 Å². The summed E-state index contributed by atoms with van der Waals surface area (Å²) in [5.74, 6) is -0.0511. The lowest BCUT2D eigenvalue weighted by atomic mass is 10.2. The maximum Gasteiger partial charge on any atom is 0.318 e. The van der Waals surface area contributed by atoms with Crippen LogP contribution in [0, 0.1) is 0 Å². The van der Waals surface area contributed by atoms with Crippen molar-refractivity contribution >= 4 is 34.2 Å². The van der Waals surface area contributed by atoms with E-state index in [0.717, 1.165) is 5.52 Å². The fraction of sp³-hybridized carbons (Fsp3) is 0.158. The van der Waals surface area contributed by atoms with Crippen molar-refractivity contribution in [2.45, 2.75) is 13.0 Å². The molecule has 6 nitrogen and oxygen atoms in total. The number of rotatable bonds is 5. The van der Waals surface area contributed by atoms with E-state index in [1.54, 1.807) is 31.3 Å². The fourth-order valence-electron chi connectivity index (χ4n) is 2.61. The Morgan fingerprint density at radius 2 is 1.60 bits per heavy atom. The van der Waals surface area contributed by atoms with Crippen molar-refractivity contribution in [2.24, 2.45) is 0 Å². The van der Waals surface area contributed by atoms with Gasteiger partial charge in [-0.05, 0) is 41.8 Å². The van der Waals surface area contributed by atoms with Crippen molar-refractivity contribution in [3.63, 3.8) is 0 Å². The van der Waals surface area contributed by atoms with Gasteiger partial charge in [0.25, 0.3) is 0 Å². The molecule has 25 heavy (non-hydrogen) atoms. The maximum absolute atomic E-state index is 12.1. The molecule has 3 N–H and O–H groups in total. The number of nitrogens with zero attached hydrogens (tertiary/aromatic N) is 1. The van der Waals surface area contributed by atoms with Crippen LogP contribution in [0.3, 0.4) is 0 Å². The number of aromatic nitrogens is 1. The third kappa shape index (κ3) is 4.17. The maximum atomic E-state index is 12.1. The Bertz CT molecular complexity index is 884. The Kier molecular flexibility index (Phi) is 4.99. The molecule has 128 valence electrons. The molecule has 0 aliphatic rings. The van der Waals surface area contributed by atoms with Gasteiger partial charge in [0.05, 0.1) is 0 Å². The van der Waals surface area contributed by atoms with Crippen LogP contribution in [0.25, 0.3) is 10.9 Å². The number of nitrogens with one attached hydrogen (secondary N) is 3. The van der Waals surface area contributed by atoms with E-state index >= 15 is 0 Å². The van der Waals surface area contributed by atoms with E-state index in [1.807, 2.05) is 30.5 Å². The second-order valence-corrected chi connectivity index (χ2v) is 5.65. The number of hydrogen-bond acceptors (Lipinski definition) is 2. The monoisotopic (exact) mass is 336 g/mol. The van der Waals surface area contributed by atoms with Gasteiger partial charge in [-0.25, -0.2) is 4.79 Å². The first-order chi connectivity index (χ1) is 12.2. The first kappa shape index (κ1) is 16.6. The lowest BCUT2D eigenvalue weighted by Gasteiger charge is -2.09. The lowest BCUT2D eigenvalue weighted by molar-refractivity contribution is -0.116. The number of aryl methyl sites for hydroxylation is 1. The molecule has 0 atom stereocenters. The number of fused-ring (bicyclic) bond motifs is 1. The van der Waals surface area contributed by atoms with E-state index in [9.17, 15) is 9.59 Å². The van der Waals surface area contributed by atoms with Gasteiger partial charge in [-0.2, -0.15) is 0 Å². The van der Waals surface area contributed by atoms with E-state index in [4.69, 9.17) is 0 Å². The van der Waals surface area contributed by atoms with E-state index in [1.165, 1.54) is 5.39 Å². The summed E-state index contributed by atoms with van der Waals surface area (Å²) in [4.78, 5) is 23.4. The molecule has 1 heterocycles. The first-order valence-corrected chi connectivity index (χ1v) is 8.08. The summed E-state index contributed by atoms with van der Waals surface area (Å²) < 4.78 is 2.07. The van der Waals surface area contributed by atoms with Crippen LogP contribution in [0.5, 0.6) is 0 Å². The molecule has 0 radical (unpaired) electrons. The Morgan fingerprint density at radius 1 is 0.920 bits per heavy atom. The molecule has 3 amide bonds. The van der Waals surface area contributed by atoms with Crippen LogP contribution in [-0.4, -0.2) is 23.6 Å². The highest BCUT2D eigenvalue weighted by molar-refractivity contribution is 5.92. The summed E-state index contributed by atoms with van der Waals surface area (Å²) in [6, 6.07) is 16.9. The van der Waals surface area contributed by atoms with Crippen LogP contribution in [-0.2, 0) is 11.3 Å². The molecule has 2 aromatic carbocycles. The minimum atomic E-state index is -0.282. The number of amides is 3. The molecule has 3 rings (SSSR count). The van der Waals surface area contributed by atoms with Crippen molar-refractivity contribution in [3.8, 4) is 0 Å². The minimum absolute atomic E-state index is 0.0511. The normalized spacial score (nSPS) is 10.4. The first-order valence-electron chi connectivity index (χ1n) is 8.08. The summed E-state index contributed by atoms with van der Waals surface area (Å²) in [6.45, 7) is 0.621. The average molecular weight is 336 g/mol. The quantitative estimate of drug-likeness (QED) is 0.668. The van der Waals surface area contributed by atoms with Crippen LogP contribution >= 0.6 is 0 Å². The molecule has 0 saturated carbocycles. The van der Waals surface area contributed by atoms with Crippen molar-refractivity contribution < 1.29 is 9.59 Å². The second kappa shape index (κ2) is 7.53. The molecule has 0 unspecified atom stereocenters. The molecule has 0 aliphatic heterocycles. The van der Waals surface area contributed by atoms with E-state index < -0.39 is 0 Å². The minimum Gasteiger partial charge on any atom is -0.347 e. The number of urea groups is 1. The van der Waals surface area contributed by atoms with Crippen LogP contribution < -0.4 is 16.0 Å². The zero-order valence-electron chi connectivity index (χ0n) is 14.0. The highest BCUT2D eigenvalue weighted by Gasteiger charge is 2.06. The average Bonchev–Trinajstić information content (AvgIpc) is 3.05. The van der Waals surface area contributed by atoms with Crippen LogP contribution in [0.2, 0.25) is 0 Å². The number of carbonyl (C=O) groups excluding carboxylic acids is 2. The van der Waals surface area contributed by atoms with Crippen molar-refractivity contribution in [2.75, 3.05) is 17.7 Å². The summed E-state index contributed by atoms with van der Waals surface area (Å²) in [7, 11) is 1.55. The van der Waals surface area contributed by atoms with Gasteiger partial charge in [-0.3, -0.25) is 4.79 Å². The highest BCUT2D eigenvalue weighted by Crippen LogP contribution is 2.16. The fourth-order valence-corrected chi connectivity index (χ4v) is 2.61. The lowest BCUT2D eigenvalue weighted by Crippen LogP contribution is -2.24. The van der Waals surface area contributed by atoms with Gasteiger partial charge in [0.2, 0.25) is 5.91 Å². The van der Waals surface area contributed by atoms with E-state index in [-0.39, 0.29) is 11.9 Å². The molecule has 1 aromatic heterocycles. The number of hydrogen-bond donors (Lipinski definition) is 3. The Labute approximate surface area is 145 Å². The van der Waals surface area contributed by atoms with Gasteiger partial charge in [0.1, 0.15) is 0 Å². The molecule has 0 spiro atoms. The largest absolute Gasteiger partial charge is 0.347 e. The van der Waals surface area contributed by atoms with Crippen molar-refractivity contribution in [1.29, 1.82) is 0 Å². The zero-order chi connectivity index (χ0) is 17.6. The van der Waals surface area contributed by atoms with Crippen molar-refractivity contribution in [3.05, 3.63) is 60.8 Å². The second-order valence-electron chi connectivity index (χ2n) is 5.65. The van der Waals surface area contributed by atoms with Gasteiger partial charge in [-0.1, -0.05) is 18.2 Å². The topological polar surface area (TPSA) is 75.2 Å². The molecular weight excluding hydrogens is 316 g/mol. The summed E-state index contributed by atoms with van der Waals surface area (Å²) >= 11 is 0. The van der Waals surface area contributed by atoms with E-state index in [2.05, 4.69) is 26.6 Å². The Morgan fingerprint density at radius 3 is 2.32 bits per heavy atom. The Balaban J connectivity index is 1.55. The van der Waals surface area contributed by atoms with Crippen LogP contribution in [0.4, 0.5) is 16.2 Å². The van der Waals surface area contributed by atoms with Gasteiger partial charge < -0.3 is 20.5 Å². The zero-order valence-corrected chi connectivity index (χ0v) is 14.0. The molecule has 0 saturated heterocycles. The number of anilines is 2. The number of carbonyl (C=O) groups is 2. The molecule has 0 bridgehead atoms. The van der Waals surface area contributed by atoms with Gasteiger partial charge in [-0.15, -0.1) is 0 Å². The summed E-state index contributed by atoms with van der Waals surface area (Å²) in [5, 5.41) is 9.18. The molecular formula is C19H20N4O2. The molecule has 6 heteroatoms. The smallest absolute Gasteiger partial charge is 0.318 e. The van der Waals surface area contributed by atoms with Gasteiger partial charge >= 0.3 is 6.03 Å². The molecule has 3 aromatic rings. The van der Waals surface area contributed by atoms with Crippen LogP contribution in [0.15, 0.2) is 60.8 Å². The summed E-state index contributed by atoms with van der Waals surface area (Å²) in [6.07, 6.45) is 2.38. The van der Waals surface area contributed by atoms with Crippen molar-refractivity contribution in [1.82, 2.24) is 9.88 Å². The van der Waals surface area contributed by atoms with Gasteiger partial charge in [0, 0.05) is 43.1 Å². The van der Waals surface area contributed by atoms with Gasteiger partial charge in [0.15, 0.2) is 0 Å². The number of benzene rings is 2. The highest BCUT2D eigenvalue weighted by atomic mass is 16.2. The molecule has 0 aliphatic carbocycles. The molecule has 0 fully saturated rings. The third-order valence-electron chi connectivity index (χ3n) is 3.91.